The van der Waals surface area contributed by atoms with Gasteiger partial charge in [-0.15, -0.1) is 0 Å². The van der Waals surface area contributed by atoms with E-state index >= 15 is 0 Å². The van der Waals surface area contributed by atoms with Gasteiger partial charge in [-0.1, -0.05) is 24.3 Å². The zero-order valence-electron chi connectivity index (χ0n) is 9.15. The summed E-state index contributed by atoms with van der Waals surface area (Å²) in [4.78, 5) is 0.165. The van der Waals surface area contributed by atoms with E-state index in [1.807, 2.05) is 0 Å². The fourth-order valence-electron chi connectivity index (χ4n) is 1.36. The number of aromatic hydroxyl groups is 2. The van der Waals surface area contributed by atoms with E-state index < -0.39 is 19.7 Å². The monoisotopic (exact) mass is 282 g/mol. The molecule has 4 nitrogen and oxygen atoms in total. The summed E-state index contributed by atoms with van der Waals surface area (Å²) >= 11 is 0. The maximum atomic E-state index is 12.1. The third-order valence-electron chi connectivity index (χ3n) is 2.23. The standard InChI is InChI=1S/C12H10O4S2/c13-9-5-1-3-7-11(9)17(15)18(16)12-8-4-2-6-10(12)14/h1-8,13-14H/t17-,18-/m0/s1. The lowest BCUT2D eigenvalue weighted by Gasteiger charge is -2.05. The van der Waals surface area contributed by atoms with E-state index in [4.69, 9.17) is 0 Å². The second-order valence-corrected chi connectivity index (χ2v) is 7.04. The SMILES string of the molecule is O=[S@](c1ccccc1O)[S@](=O)c1ccccc1O. The molecule has 0 heterocycles. The van der Waals surface area contributed by atoms with E-state index in [0.29, 0.717) is 0 Å². The Morgan fingerprint density at radius 3 is 1.33 bits per heavy atom. The van der Waals surface area contributed by atoms with Crippen molar-refractivity contribution in [3.8, 4) is 11.5 Å². The Morgan fingerprint density at radius 1 is 0.667 bits per heavy atom. The molecule has 0 radical (unpaired) electrons. The molecule has 2 atom stereocenters. The first-order valence-corrected chi connectivity index (χ1v) is 7.83. The largest absolute Gasteiger partial charge is 0.507 e. The Bertz CT molecular complexity index is 569. The average molecular weight is 282 g/mol. The number of hydrogen-bond donors (Lipinski definition) is 2. The van der Waals surface area contributed by atoms with Crippen LogP contribution in [-0.2, 0) is 19.7 Å². The lowest BCUT2D eigenvalue weighted by atomic mass is 10.3. The molecule has 0 fully saturated rings. The zero-order chi connectivity index (χ0) is 13.1. The molecule has 94 valence electrons. The van der Waals surface area contributed by atoms with Gasteiger partial charge in [0.15, 0.2) is 19.7 Å². The van der Waals surface area contributed by atoms with Crippen molar-refractivity contribution >= 4 is 19.7 Å². The van der Waals surface area contributed by atoms with Crippen molar-refractivity contribution < 1.29 is 18.6 Å². The molecule has 0 saturated carbocycles. The minimum atomic E-state index is -1.94. The van der Waals surface area contributed by atoms with Gasteiger partial charge in [-0.2, -0.15) is 0 Å². The molecule has 0 unspecified atom stereocenters. The summed E-state index contributed by atoms with van der Waals surface area (Å²) in [7, 11) is -3.88. The average Bonchev–Trinajstić information content (AvgIpc) is 2.38. The normalized spacial score (nSPS) is 14.0. The van der Waals surface area contributed by atoms with Gasteiger partial charge in [0.05, 0.1) is 9.79 Å². The molecule has 2 N–H and O–H groups in total. The minimum absolute atomic E-state index is 0.0825. The van der Waals surface area contributed by atoms with Crippen molar-refractivity contribution in [2.45, 2.75) is 9.79 Å². The van der Waals surface area contributed by atoms with E-state index in [-0.39, 0.29) is 21.3 Å². The van der Waals surface area contributed by atoms with Crippen molar-refractivity contribution in [3.05, 3.63) is 48.5 Å². The van der Waals surface area contributed by atoms with Gasteiger partial charge in [-0.25, -0.2) is 8.42 Å². The number of para-hydroxylation sites is 2. The summed E-state index contributed by atoms with van der Waals surface area (Å²) in [6.45, 7) is 0. The van der Waals surface area contributed by atoms with Crippen LogP contribution in [0.5, 0.6) is 11.5 Å². The van der Waals surface area contributed by atoms with E-state index in [0.717, 1.165) is 0 Å². The molecule has 0 saturated heterocycles. The predicted molar refractivity (Wildman–Crippen MR) is 69.0 cm³/mol. The minimum Gasteiger partial charge on any atom is -0.507 e. The molecule has 0 bridgehead atoms. The zero-order valence-corrected chi connectivity index (χ0v) is 10.8. The predicted octanol–water partition coefficient (Wildman–Crippen LogP) is 1.93. The first-order chi connectivity index (χ1) is 8.61. The molecule has 0 aromatic heterocycles. The maximum Gasteiger partial charge on any atom is 0.151 e. The first kappa shape index (κ1) is 12.8. The summed E-state index contributed by atoms with van der Waals surface area (Å²) in [5.41, 5.74) is 0. The van der Waals surface area contributed by atoms with Gasteiger partial charge < -0.3 is 10.2 Å². The molecular formula is C12H10O4S2. The van der Waals surface area contributed by atoms with Crippen LogP contribution < -0.4 is 0 Å². The number of phenols is 2. The van der Waals surface area contributed by atoms with E-state index in [9.17, 15) is 18.6 Å². The van der Waals surface area contributed by atoms with Crippen LogP contribution in [0.4, 0.5) is 0 Å². The highest BCUT2D eigenvalue weighted by Gasteiger charge is 2.20. The Balaban J connectivity index is 2.39. The van der Waals surface area contributed by atoms with Crippen LogP contribution in [0.25, 0.3) is 0 Å². The third-order valence-corrected chi connectivity index (χ3v) is 5.81. The molecule has 6 heteroatoms. The summed E-state index contributed by atoms with van der Waals surface area (Å²) in [6, 6.07) is 12.0. The summed E-state index contributed by atoms with van der Waals surface area (Å²) in [5, 5.41) is 19.1. The van der Waals surface area contributed by atoms with E-state index in [1.54, 1.807) is 24.3 Å². The van der Waals surface area contributed by atoms with Gasteiger partial charge in [-0.05, 0) is 24.3 Å². The molecule has 0 aliphatic heterocycles. The fraction of sp³-hybridized carbons (Fsp3) is 0. The lowest BCUT2D eigenvalue weighted by Crippen LogP contribution is -2.01. The Hall–Kier alpha value is -1.66. The Kier molecular flexibility index (Phi) is 3.78. The summed E-state index contributed by atoms with van der Waals surface area (Å²) in [5.74, 6) is -0.362. The molecule has 18 heavy (non-hydrogen) atoms. The second-order valence-electron chi connectivity index (χ2n) is 3.40. The molecule has 0 spiro atoms. The van der Waals surface area contributed by atoms with Crippen LogP contribution in [0.3, 0.4) is 0 Å². The number of hydrogen-bond acceptors (Lipinski definition) is 4. The lowest BCUT2D eigenvalue weighted by molar-refractivity contribution is 0.460. The first-order valence-electron chi connectivity index (χ1n) is 5.01. The molecule has 0 amide bonds. The number of benzene rings is 2. The van der Waals surface area contributed by atoms with Crippen molar-refractivity contribution in [1.29, 1.82) is 0 Å². The van der Waals surface area contributed by atoms with Gasteiger partial charge >= 0.3 is 0 Å². The van der Waals surface area contributed by atoms with Crippen molar-refractivity contribution in [3.63, 3.8) is 0 Å². The second kappa shape index (κ2) is 5.32. The fourth-order valence-corrected chi connectivity index (χ4v) is 4.37. The maximum absolute atomic E-state index is 12.1. The van der Waals surface area contributed by atoms with Crippen LogP contribution in [0.1, 0.15) is 0 Å². The van der Waals surface area contributed by atoms with Gasteiger partial charge in [0.1, 0.15) is 11.5 Å². The van der Waals surface area contributed by atoms with Gasteiger partial charge in [0, 0.05) is 0 Å². The highest BCUT2D eigenvalue weighted by atomic mass is 33.1. The molecule has 2 aromatic rings. The molecule has 2 rings (SSSR count). The summed E-state index contributed by atoms with van der Waals surface area (Å²) < 4.78 is 24.1. The Morgan fingerprint density at radius 2 is 1.00 bits per heavy atom. The van der Waals surface area contributed by atoms with Crippen molar-refractivity contribution in [2.75, 3.05) is 0 Å². The van der Waals surface area contributed by atoms with E-state index in [1.165, 1.54) is 24.3 Å². The van der Waals surface area contributed by atoms with Crippen LogP contribution in [0, 0.1) is 0 Å². The highest BCUT2D eigenvalue weighted by molar-refractivity contribution is 8.61. The van der Waals surface area contributed by atoms with Gasteiger partial charge in [0.2, 0.25) is 0 Å². The smallest absolute Gasteiger partial charge is 0.151 e. The van der Waals surface area contributed by atoms with E-state index in [2.05, 4.69) is 0 Å². The topological polar surface area (TPSA) is 74.6 Å². The van der Waals surface area contributed by atoms with Gasteiger partial charge in [-0.3, -0.25) is 0 Å². The molecule has 2 aromatic carbocycles. The molecular weight excluding hydrogens is 272 g/mol. The van der Waals surface area contributed by atoms with Crippen LogP contribution in [0.2, 0.25) is 0 Å². The summed E-state index contributed by atoms with van der Waals surface area (Å²) in [6.07, 6.45) is 0. The quantitative estimate of drug-likeness (QED) is 0.844. The number of rotatable bonds is 3. The molecule has 0 aliphatic carbocycles. The third kappa shape index (κ3) is 2.44. The highest BCUT2D eigenvalue weighted by Crippen LogP contribution is 2.28. The number of phenolic OH excluding ortho intramolecular Hbond substituents is 2. The van der Waals surface area contributed by atoms with Gasteiger partial charge in [0.25, 0.3) is 0 Å². The van der Waals surface area contributed by atoms with Crippen LogP contribution in [0.15, 0.2) is 58.3 Å². The van der Waals surface area contributed by atoms with Crippen LogP contribution in [-0.4, -0.2) is 18.6 Å². The molecule has 0 aliphatic rings. The Labute approximate surface area is 108 Å². The van der Waals surface area contributed by atoms with Crippen molar-refractivity contribution in [2.24, 2.45) is 0 Å². The van der Waals surface area contributed by atoms with Crippen LogP contribution >= 0.6 is 0 Å². The van der Waals surface area contributed by atoms with Crippen molar-refractivity contribution in [1.82, 2.24) is 0 Å².